The number of aromatic hydroxyl groups is 1. The van der Waals surface area contributed by atoms with E-state index in [1.165, 1.54) is 0 Å². The van der Waals surface area contributed by atoms with Gasteiger partial charge in [0.1, 0.15) is 5.75 Å². The quantitative estimate of drug-likeness (QED) is 0.187. The molecule has 5 rings (SSSR count). The van der Waals surface area contributed by atoms with Gasteiger partial charge >= 0.3 is 35.6 Å². The van der Waals surface area contributed by atoms with Crippen molar-refractivity contribution in [3.63, 3.8) is 0 Å². The normalized spacial score (nSPS) is 10.6. The summed E-state index contributed by atoms with van der Waals surface area (Å²) in [6.45, 7) is 0. The van der Waals surface area contributed by atoms with Crippen LogP contribution in [0.5, 0.6) is 5.75 Å². The van der Waals surface area contributed by atoms with Crippen LogP contribution in [0.4, 0.5) is 5.69 Å². The zero-order valence-corrected chi connectivity index (χ0v) is 21.3. The number of para-hydroxylation sites is 1. The zero-order valence-electron chi connectivity index (χ0n) is 18.2. The van der Waals surface area contributed by atoms with Crippen molar-refractivity contribution in [2.45, 2.75) is 0 Å². The summed E-state index contributed by atoms with van der Waals surface area (Å²) >= 11 is -0.556. The number of rotatable bonds is 4. The molecule has 0 aromatic heterocycles. The van der Waals surface area contributed by atoms with Gasteiger partial charge < -0.3 is 5.11 Å². The van der Waals surface area contributed by atoms with Crippen molar-refractivity contribution in [3.8, 4) is 28.0 Å². The van der Waals surface area contributed by atoms with Crippen LogP contribution in [0, 0.1) is 0 Å². The Kier molecular flexibility index (Phi) is 8.57. The first-order chi connectivity index (χ1) is 16.7. The average Bonchev–Trinajstić information content (AvgIpc) is 2.89. The number of benzene rings is 5. The monoisotopic (exact) mass is 517 g/mol. The van der Waals surface area contributed by atoms with Crippen molar-refractivity contribution in [2.24, 2.45) is 4.99 Å². The number of phenols is 1. The molecule has 0 fully saturated rings. The molecule has 2 nitrogen and oxygen atoms in total. The molecule has 5 aromatic carbocycles. The predicted molar refractivity (Wildman–Crippen MR) is 142 cm³/mol. The van der Waals surface area contributed by atoms with Gasteiger partial charge in [-0.25, -0.2) is 0 Å². The van der Waals surface area contributed by atoms with E-state index in [9.17, 15) is 5.11 Å². The van der Waals surface area contributed by atoms with E-state index in [-0.39, 0.29) is 5.75 Å². The van der Waals surface area contributed by atoms with E-state index in [1.807, 2.05) is 72.8 Å². The fourth-order valence-electron chi connectivity index (χ4n) is 3.88. The average molecular weight is 518 g/mol. The van der Waals surface area contributed by atoms with Crippen LogP contribution < -0.4 is 0 Å². The van der Waals surface area contributed by atoms with E-state index in [2.05, 4.69) is 47.5 Å². The van der Waals surface area contributed by atoms with Crippen LogP contribution in [0.2, 0.25) is 0 Å². The molecule has 1 N–H and O–H groups in total. The van der Waals surface area contributed by atoms with Gasteiger partial charge in [0, 0.05) is 17.3 Å². The van der Waals surface area contributed by atoms with Gasteiger partial charge in [0.2, 0.25) is 0 Å². The van der Waals surface area contributed by atoms with E-state index in [4.69, 9.17) is 18.6 Å². The first-order valence-corrected chi connectivity index (χ1v) is 15.0. The van der Waals surface area contributed by atoms with Crippen LogP contribution in [-0.2, 0) is 17.0 Å². The Labute approximate surface area is 216 Å². The summed E-state index contributed by atoms with van der Waals surface area (Å²) in [6, 6.07) is 38.5. The van der Waals surface area contributed by atoms with E-state index in [0.29, 0.717) is 5.56 Å². The van der Waals surface area contributed by atoms with Crippen molar-refractivity contribution < 1.29 is 22.1 Å². The summed E-state index contributed by atoms with van der Waals surface area (Å²) in [5.74, 6) is 0.232. The van der Waals surface area contributed by atoms with E-state index in [1.54, 1.807) is 6.21 Å². The number of aliphatic imine (C=N–C) groups is 1. The summed E-state index contributed by atoms with van der Waals surface area (Å²) in [6.07, 6.45) is 1.74. The molecule has 0 radical (unpaired) electrons. The second-order valence-electron chi connectivity index (χ2n) is 7.52. The topological polar surface area (TPSA) is 32.6 Å². The maximum atomic E-state index is 11.3. The van der Waals surface area contributed by atoms with Gasteiger partial charge in [-0.05, 0) is 51.7 Å². The van der Waals surface area contributed by atoms with Gasteiger partial charge in [0.15, 0.2) is 0 Å². The summed E-state index contributed by atoms with van der Waals surface area (Å²) < 4.78 is 0. The molecule has 0 unspecified atom stereocenters. The molecule has 0 amide bonds. The van der Waals surface area contributed by atoms with Gasteiger partial charge in [-0.1, -0.05) is 91.0 Å². The van der Waals surface area contributed by atoms with Gasteiger partial charge in [-0.2, -0.15) is 0 Å². The van der Waals surface area contributed by atoms with Crippen molar-refractivity contribution >= 4 is 41.3 Å². The molecule has 0 bridgehead atoms. The number of halogens is 2. The predicted octanol–water partition coefficient (Wildman–Crippen LogP) is 9.01. The van der Waals surface area contributed by atoms with Crippen LogP contribution in [0.25, 0.3) is 33.0 Å². The molecule has 0 aliphatic heterocycles. The summed E-state index contributed by atoms with van der Waals surface area (Å²) in [4.78, 5) is 4.58. The van der Waals surface area contributed by atoms with E-state index >= 15 is 0 Å². The zero-order chi connectivity index (χ0) is 23.8. The molecule has 0 aliphatic carbocycles. The van der Waals surface area contributed by atoms with Crippen LogP contribution in [-0.4, -0.2) is 11.3 Å². The Morgan fingerprint density at radius 3 is 2.00 bits per heavy atom. The molecule has 0 atom stereocenters. The van der Waals surface area contributed by atoms with Crippen LogP contribution >= 0.6 is 18.6 Å². The van der Waals surface area contributed by atoms with Gasteiger partial charge in [-0.3, -0.25) is 4.99 Å². The van der Waals surface area contributed by atoms with Gasteiger partial charge in [-0.15, -0.1) is 0 Å². The van der Waals surface area contributed by atoms with Crippen LogP contribution in [0.15, 0.2) is 120 Å². The number of hydrogen-bond donors (Lipinski definition) is 1. The second-order valence-corrected chi connectivity index (χ2v) is 10.1. The molecular weight excluding hydrogens is 497 g/mol. The van der Waals surface area contributed by atoms with Crippen LogP contribution in [0.1, 0.15) is 5.56 Å². The summed E-state index contributed by atoms with van der Waals surface area (Å²) in [7, 11) is 9.78. The third-order valence-electron chi connectivity index (χ3n) is 5.44. The molecule has 0 spiro atoms. The molecule has 0 heterocycles. The van der Waals surface area contributed by atoms with Crippen molar-refractivity contribution in [3.05, 3.63) is 121 Å². The molecule has 5 aromatic rings. The molecule has 5 heteroatoms. The third kappa shape index (κ3) is 5.78. The minimum atomic E-state index is -0.556. The number of fused-ring (bicyclic) bond motifs is 1. The Balaban J connectivity index is 0.000000868. The molecule has 0 saturated heterocycles. The molecule has 0 aliphatic rings. The van der Waals surface area contributed by atoms with Crippen molar-refractivity contribution in [2.75, 3.05) is 0 Å². The fraction of sp³-hybridized carbons (Fsp3) is 0. The van der Waals surface area contributed by atoms with E-state index < -0.39 is 17.0 Å². The Morgan fingerprint density at radius 2 is 1.26 bits per heavy atom. The Bertz CT molecular complexity index is 1400. The SMILES string of the molecule is Oc1c(C=Nc2ccccc2)cc(-c2ccccc2)cc1-c1cccc2ccccc12.[Cl][Ti][Cl]. The summed E-state index contributed by atoms with van der Waals surface area (Å²) in [5, 5.41) is 13.5. The fourth-order valence-corrected chi connectivity index (χ4v) is 3.88. The molecule has 166 valence electrons. The van der Waals surface area contributed by atoms with E-state index in [0.717, 1.165) is 38.7 Å². The molecule has 0 saturated carbocycles. The Hall–Kier alpha value is -2.88. The minimum absolute atomic E-state index is 0.232. The first-order valence-electron chi connectivity index (χ1n) is 10.7. The maximum absolute atomic E-state index is 11.3. The standard InChI is InChI=1S/C29H21NO.2ClH.Ti/c31-29-24(20-30-25-14-5-2-6-15-25)18-23(21-10-3-1-4-11-21)19-28(29)27-17-9-13-22-12-7-8-16-26(22)27;;;/h1-20,31H;2*1H;/q;;;+2/p-2. The molecule has 34 heavy (non-hydrogen) atoms. The Morgan fingerprint density at radius 1 is 0.647 bits per heavy atom. The number of phenolic OH excluding ortho intramolecular Hbond substituents is 1. The number of nitrogens with zero attached hydrogens (tertiary/aromatic N) is 1. The van der Waals surface area contributed by atoms with Crippen LogP contribution in [0.3, 0.4) is 0 Å². The summed E-state index contributed by atoms with van der Waals surface area (Å²) in [5.41, 5.74) is 5.47. The van der Waals surface area contributed by atoms with Gasteiger partial charge in [0.25, 0.3) is 0 Å². The molecular formula is C29H21Cl2NOTi. The number of hydrogen-bond acceptors (Lipinski definition) is 2. The third-order valence-corrected chi connectivity index (χ3v) is 5.44. The van der Waals surface area contributed by atoms with Crippen molar-refractivity contribution in [1.29, 1.82) is 0 Å². The van der Waals surface area contributed by atoms with Gasteiger partial charge in [0.05, 0.1) is 5.69 Å². The first kappa shape index (κ1) is 24.3. The van der Waals surface area contributed by atoms with Crippen molar-refractivity contribution in [1.82, 2.24) is 0 Å². The second kappa shape index (κ2) is 12.0.